The van der Waals surface area contributed by atoms with Crippen LogP contribution in [0.25, 0.3) is 11.1 Å². The fourth-order valence-corrected chi connectivity index (χ4v) is 1.76. The minimum absolute atomic E-state index is 0.112. The highest BCUT2D eigenvalue weighted by Gasteiger charge is 2.03. The molecule has 1 N–H and O–H groups in total. The maximum Gasteiger partial charge on any atom is 0.134 e. The van der Waals surface area contributed by atoms with Crippen LogP contribution in [-0.4, -0.2) is 19.2 Å². The van der Waals surface area contributed by atoms with E-state index in [1.54, 1.807) is 12.1 Å². The lowest BCUT2D eigenvalue weighted by Gasteiger charge is -2.12. The molecule has 0 aromatic heterocycles. The van der Waals surface area contributed by atoms with Gasteiger partial charge in [0.1, 0.15) is 5.75 Å². The summed E-state index contributed by atoms with van der Waals surface area (Å²) in [6, 6.07) is 13.4. The number of aromatic hydroxyl groups is 1. The molecule has 0 aliphatic heterocycles. The number of rotatable bonds is 2. The molecule has 0 atom stereocenters. The lowest BCUT2D eigenvalue weighted by Crippen LogP contribution is -2.07. The first-order chi connectivity index (χ1) is 8.08. The van der Waals surface area contributed by atoms with Gasteiger partial charge >= 0.3 is 0 Å². The predicted molar refractivity (Wildman–Crippen MR) is 72.9 cm³/mol. The highest BCUT2D eigenvalue weighted by Crippen LogP contribution is 2.30. The van der Waals surface area contributed by atoms with Gasteiger partial charge in [-0.25, -0.2) is 0 Å². The summed E-state index contributed by atoms with van der Waals surface area (Å²) in [5.41, 5.74) is 3.16. The largest absolute Gasteiger partial charge is 0.506 e. The highest BCUT2D eigenvalue weighted by atomic mass is 35.5. The third kappa shape index (κ3) is 2.53. The molecular weight excluding hydrogens is 234 g/mol. The van der Waals surface area contributed by atoms with E-state index in [-0.39, 0.29) is 5.75 Å². The van der Waals surface area contributed by atoms with Crippen LogP contribution in [0.2, 0.25) is 5.02 Å². The van der Waals surface area contributed by atoms with Crippen molar-refractivity contribution in [3.63, 3.8) is 0 Å². The van der Waals surface area contributed by atoms with Crippen molar-refractivity contribution < 1.29 is 5.11 Å². The molecule has 0 aliphatic rings. The van der Waals surface area contributed by atoms with Crippen molar-refractivity contribution in [1.29, 1.82) is 0 Å². The van der Waals surface area contributed by atoms with Crippen LogP contribution >= 0.6 is 11.6 Å². The van der Waals surface area contributed by atoms with Crippen LogP contribution in [0.3, 0.4) is 0 Å². The molecule has 17 heavy (non-hydrogen) atoms. The third-order valence-electron chi connectivity index (χ3n) is 2.66. The molecule has 0 amide bonds. The van der Waals surface area contributed by atoms with Crippen LogP contribution in [0.4, 0.5) is 5.69 Å². The Morgan fingerprint density at radius 2 is 1.53 bits per heavy atom. The van der Waals surface area contributed by atoms with Crippen LogP contribution < -0.4 is 4.90 Å². The van der Waals surface area contributed by atoms with Crippen molar-refractivity contribution in [1.82, 2.24) is 0 Å². The molecule has 0 fully saturated rings. The summed E-state index contributed by atoms with van der Waals surface area (Å²) in [5.74, 6) is 0.112. The number of benzene rings is 2. The van der Waals surface area contributed by atoms with Crippen LogP contribution in [0.5, 0.6) is 5.75 Å². The van der Waals surface area contributed by atoms with Gasteiger partial charge in [-0.05, 0) is 35.4 Å². The van der Waals surface area contributed by atoms with E-state index < -0.39 is 0 Å². The Morgan fingerprint density at radius 3 is 2.06 bits per heavy atom. The second-order valence-electron chi connectivity index (χ2n) is 4.11. The number of nitrogens with zero attached hydrogens (tertiary/aromatic N) is 1. The van der Waals surface area contributed by atoms with E-state index in [1.165, 1.54) is 0 Å². The molecule has 2 rings (SSSR count). The number of phenols is 1. The van der Waals surface area contributed by atoms with E-state index in [2.05, 4.69) is 0 Å². The van der Waals surface area contributed by atoms with Gasteiger partial charge in [0.25, 0.3) is 0 Å². The van der Waals surface area contributed by atoms with Crippen molar-refractivity contribution in [2.24, 2.45) is 0 Å². The topological polar surface area (TPSA) is 23.5 Å². The lowest BCUT2D eigenvalue weighted by molar-refractivity contribution is 0.476. The molecule has 2 aromatic carbocycles. The number of hydrogen-bond donors (Lipinski definition) is 1. The first-order valence-electron chi connectivity index (χ1n) is 5.34. The number of halogens is 1. The van der Waals surface area contributed by atoms with Gasteiger partial charge in [-0.3, -0.25) is 0 Å². The van der Waals surface area contributed by atoms with E-state index in [0.29, 0.717) is 5.02 Å². The smallest absolute Gasteiger partial charge is 0.134 e. The number of hydrogen-bond acceptors (Lipinski definition) is 2. The average molecular weight is 248 g/mol. The van der Waals surface area contributed by atoms with Gasteiger partial charge in [-0.2, -0.15) is 0 Å². The number of phenolic OH excluding ortho intramolecular Hbond substituents is 1. The van der Waals surface area contributed by atoms with Crippen molar-refractivity contribution >= 4 is 17.3 Å². The van der Waals surface area contributed by atoms with Crippen LogP contribution in [0.1, 0.15) is 0 Å². The summed E-state index contributed by atoms with van der Waals surface area (Å²) >= 11 is 5.78. The normalized spacial score (nSPS) is 10.3. The summed E-state index contributed by atoms with van der Waals surface area (Å²) in [6.45, 7) is 0. The molecule has 0 heterocycles. The maximum absolute atomic E-state index is 9.56. The van der Waals surface area contributed by atoms with Gasteiger partial charge in [0.2, 0.25) is 0 Å². The van der Waals surface area contributed by atoms with E-state index in [1.807, 2.05) is 49.3 Å². The van der Waals surface area contributed by atoms with Crippen LogP contribution in [0, 0.1) is 0 Å². The molecule has 0 unspecified atom stereocenters. The zero-order valence-electron chi connectivity index (χ0n) is 9.81. The molecule has 0 spiro atoms. The molecule has 0 bridgehead atoms. The summed E-state index contributed by atoms with van der Waals surface area (Å²) in [4.78, 5) is 2.04. The quantitative estimate of drug-likeness (QED) is 0.873. The van der Waals surface area contributed by atoms with E-state index in [0.717, 1.165) is 16.8 Å². The van der Waals surface area contributed by atoms with Gasteiger partial charge in [0.05, 0.1) is 5.02 Å². The first-order valence-corrected chi connectivity index (χ1v) is 5.72. The fourth-order valence-electron chi connectivity index (χ4n) is 1.64. The number of anilines is 1. The average Bonchev–Trinajstić information content (AvgIpc) is 2.33. The molecular formula is C14H14ClNO. The van der Waals surface area contributed by atoms with Gasteiger partial charge in [-0.15, -0.1) is 0 Å². The standard InChI is InChI=1S/C14H14ClNO/c1-16(2)12-6-3-10(4-7-12)11-5-8-13(15)14(17)9-11/h3-9,17H,1-2H3. The van der Waals surface area contributed by atoms with Gasteiger partial charge in [0, 0.05) is 19.8 Å². The van der Waals surface area contributed by atoms with Gasteiger partial charge in [0.15, 0.2) is 0 Å². The summed E-state index contributed by atoms with van der Waals surface area (Å²) in [6.07, 6.45) is 0. The summed E-state index contributed by atoms with van der Waals surface area (Å²) in [5, 5.41) is 9.94. The monoisotopic (exact) mass is 247 g/mol. The maximum atomic E-state index is 9.56. The van der Waals surface area contributed by atoms with E-state index in [4.69, 9.17) is 11.6 Å². The fraction of sp³-hybridized carbons (Fsp3) is 0.143. The van der Waals surface area contributed by atoms with E-state index >= 15 is 0 Å². The zero-order chi connectivity index (χ0) is 12.4. The Labute approximate surface area is 106 Å². The predicted octanol–water partition coefficient (Wildman–Crippen LogP) is 3.78. The van der Waals surface area contributed by atoms with Crippen molar-refractivity contribution in [3.8, 4) is 16.9 Å². The Balaban J connectivity index is 2.36. The summed E-state index contributed by atoms with van der Waals surface area (Å²) in [7, 11) is 4.01. The molecule has 2 nitrogen and oxygen atoms in total. The van der Waals surface area contributed by atoms with E-state index in [9.17, 15) is 5.11 Å². The molecule has 0 radical (unpaired) electrons. The molecule has 2 aromatic rings. The molecule has 88 valence electrons. The highest BCUT2D eigenvalue weighted by molar-refractivity contribution is 6.32. The Kier molecular flexibility index (Phi) is 3.25. The Morgan fingerprint density at radius 1 is 0.941 bits per heavy atom. The lowest BCUT2D eigenvalue weighted by atomic mass is 10.1. The van der Waals surface area contributed by atoms with Crippen molar-refractivity contribution in [2.75, 3.05) is 19.0 Å². The molecule has 3 heteroatoms. The van der Waals surface area contributed by atoms with Gasteiger partial charge in [-0.1, -0.05) is 29.8 Å². The Hall–Kier alpha value is -1.67. The van der Waals surface area contributed by atoms with Crippen LogP contribution in [-0.2, 0) is 0 Å². The van der Waals surface area contributed by atoms with Crippen LogP contribution in [0.15, 0.2) is 42.5 Å². The van der Waals surface area contributed by atoms with Gasteiger partial charge < -0.3 is 10.0 Å². The van der Waals surface area contributed by atoms with Crippen molar-refractivity contribution in [2.45, 2.75) is 0 Å². The molecule has 0 aliphatic carbocycles. The zero-order valence-corrected chi connectivity index (χ0v) is 10.6. The third-order valence-corrected chi connectivity index (χ3v) is 2.98. The molecule has 0 saturated carbocycles. The Bertz CT molecular complexity index is 520. The van der Waals surface area contributed by atoms with Crippen molar-refractivity contribution in [3.05, 3.63) is 47.5 Å². The minimum Gasteiger partial charge on any atom is -0.506 e. The first kappa shape index (κ1) is 11.8. The SMILES string of the molecule is CN(C)c1ccc(-c2ccc(Cl)c(O)c2)cc1. The second-order valence-corrected chi connectivity index (χ2v) is 4.51. The minimum atomic E-state index is 0.112. The summed E-state index contributed by atoms with van der Waals surface area (Å²) < 4.78 is 0. The second kappa shape index (κ2) is 4.68. The molecule has 0 saturated heterocycles.